The third kappa shape index (κ3) is 2.91. The third-order valence-corrected chi connectivity index (χ3v) is 2.74. The van der Waals surface area contributed by atoms with Crippen molar-refractivity contribution >= 4 is 11.8 Å². The molecule has 3 heteroatoms. The first-order chi connectivity index (χ1) is 5.70. The van der Waals surface area contributed by atoms with Crippen LogP contribution in [-0.4, -0.2) is 17.0 Å². The number of aliphatic hydroxyl groups excluding tert-OH is 1. The molecule has 2 nitrogen and oxygen atoms in total. The number of aryl methyl sites for hydroxylation is 1. The molecule has 1 atom stereocenters. The van der Waals surface area contributed by atoms with Crippen molar-refractivity contribution in [2.45, 2.75) is 25.7 Å². The standard InChI is InChI=1S/C9H14O2S/c1-7-3-4-11-9(7)6-12-5-8(2)10/h3-4,8,10H,5-6H2,1-2H3/t8-/m0/s1. The van der Waals surface area contributed by atoms with Crippen LogP contribution in [-0.2, 0) is 5.75 Å². The zero-order valence-corrected chi connectivity index (χ0v) is 8.23. The van der Waals surface area contributed by atoms with Crippen LogP contribution in [0.25, 0.3) is 0 Å². The molecule has 1 N–H and O–H groups in total. The van der Waals surface area contributed by atoms with Crippen molar-refractivity contribution in [3.05, 3.63) is 23.7 Å². The summed E-state index contributed by atoms with van der Waals surface area (Å²) in [5.41, 5.74) is 1.19. The number of hydrogen-bond donors (Lipinski definition) is 1. The van der Waals surface area contributed by atoms with Crippen molar-refractivity contribution in [3.63, 3.8) is 0 Å². The SMILES string of the molecule is Cc1ccoc1CSC[C@H](C)O. The molecule has 1 heterocycles. The highest BCUT2D eigenvalue weighted by atomic mass is 32.2. The molecule has 12 heavy (non-hydrogen) atoms. The molecule has 0 aliphatic rings. The highest BCUT2D eigenvalue weighted by Gasteiger charge is 2.02. The molecule has 0 bridgehead atoms. The van der Waals surface area contributed by atoms with Crippen LogP contribution in [0.15, 0.2) is 16.7 Å². The van der Waals surface area contributed by atoms with E-state index in [9.17, 15) is 0 Å². The second-order valence-electron chi connectivity index (χ2n) is 2.89. The van der Waals surface area contributed by atoms with Crippen LogP contribution < -0.4 is 0 Å². The maximum Gasteiger partial charge on any atom is 0.116 e. The van der Waals surface area contributed by atoms with Gasteiger partial charge in [-0.3, -0.25) is 0 Å². The summed E-state index contributed by atoms with van der Waals surface area (Å²) >= 11 is 1.69. The van der Waals surface area contributed by atoms with Gasteiger partial charge in [0.15, 0.2) is 0 Å². The van der Waals surface area contributed by atoms with Gasteiger partial charge in [-0.15, -0.1) is 0 Å². The van der Waals surface area contributed by atoms with Crippen molar-refractivity contribution in [3.8, 4) is 0 Å². The Labute approximate surface area is 77.0 Å². The van der Waals surface area contributed by atoms with E-state index in [2.05, 4.69) is 0 Å². The molecule has 68 valence electrons. The monoisotopic (exact) mass is 186 g/mol. The predicted molar refractivity (Wildman–Crippen MR) is 51.3 cm³/mol. The third-order valence-electron chi connectivity index (χ3n) is 1.56. The Morgan fingerprint density at radius 1 is 1.67 bits per heavy atom. The summed E-state index contributed by atoms with van der Waals surface area (Å²) in [5, 5.41) is 9.00. The van der Waals surface area contributed by atoms with E-state index < -0.39 is 0 Å². The molecular formula is C9H14O2S. The fourth-order valence-corrected chi connectivity index (χ4v) is 1.81. The largest absolute Gasteiger partial charge is 0.468 e. The lowest BCUT2D eigenvalue weighted by atomic mass is 10.3. The number of rotatable bonds is 4. The van der Waals surface area contributed by atoms with Crippen LogP contribution in [0.5, 0.6) is 0 Å². The Balaban J connectivity index is 2.29. The molecule has 0 amide bonds. The molecule has 0 aliphatic carbocycles. The van der Waals surface area contributed by atoms with E-state index in [-0.39, 0.29) is 6.10 Å². The van der Waals surface area contributed by atoms with Crippen LogP contribution in [0, 0.1) is 6.92 Å². The van der Waals surface area contributed by atoms with Crippen molar-refractivity contribution in [1.29, 1.82) is 0 Å². The maximum atomic E-state index is 9.00. The minimum atomic E-state index is -0.231. The number of hydrogen-bond acceptors (Lipinski definition) is 3. The number of furan rings is 1. The van der Waals surface area contributed by atoms with Crippen molar-refractivity contribution < 1.29 is 9.52 Å². The van der Waals surface area contributed by atoms with E-state index in [0.29, 0.717) is 0 Å². The molecule has 0 fully saturated rings. The lowest BCUT2D eigenvalue weighted by Gasteiger charge is -2.02. The van der Waals surface area contributed by atoms with Gasteiger partial charge in [-0.2, -0.15) is 11.8 Å². The zero-order chi connectivity index (χ0) is 8.97. The first kappa shape index (κ1) is 9.68. The van der Waals surface area contributed by atoms with Gasteiger partial charge in [-0.25, -0.2) is 0 Å². The Bertz CT molecular complexity index is 230. The summed E-state index contributed by atoms with van der Waals surface area (Å²) < 4.78 is 5.24. The second-order valence-corrected chi connectivity index (χ2v) is 3.92. The normalized spacial score (nSPS) is 13.2. The average molecular weight is 186 g/mol. The van der Waals surface area contributed by atoms with Gasteiger partial charge in [-0.1, -0.05) is 0 Å². The molecule has 0 radical (unpaired) electrons. The summed E-state index contributed by atoms with van der Waals surface area (Å²) in [6.45, 7) is 3.82. The molecule has 0 unspecified atom stereocenters. The van der Waals surface area contributed by atoms with Gasteiger partial charge in [0.05, 0.1) is 18.1 Å². The van der Waals surface area contributed by atoms with E-state index in [4.69, 9.17) is 9.52 Å². The Hall–Kier alpha value is -0.410. The van der Waals surface area contributed by atoms with E-state index >= 15 is 0 Å². The molecule has 0 aromatic carbocycles. The lowest BCUT2D eigenvalue weighted by molar-refractivity contribution is 0.220. The second kappa shape index (κ2) is 4.58. The van der Waals surface area contributed by atoms with Gasteiger partial charge in [0.25, 0.3) is 0 Å². The van der Waals surface area contributed by atoms with Crippen molar-refractivity contribution in [1.82, 2.24) is 0 Å². The summed E-state index contributed by atoms with van der Waals surface area (Å²) in [5.74, 6) is 2.63. The van der Waals surface area contributed by atoms with Crippen LogP contribution in [0.2, 0.25) is 0 Å². The lowest BCUT2D eigenvalue weighted by Crippen LogP contribution is -2.02. The van der Waals surface area contributed by atoms with E-state index in [1.807, 2.05) is 13.0 Å². The topological polar surface area (TPSA) is 33.4 Å². The van der Waals surface area contributed by atoms with Crippen LogP contribution in [0.3, 0.4) is 0 Å². The van der Waals surface area contributed by atoms with Crippen molar-refractivity contribution in [2.24, 2.45) is 0 Å². The molecule has 0 saturated carbocycles. The first-order valence-electron chi connectivity index (χ1n) is 3.99. The van der Waals surface area contributed by atoms with Crippen LogP contribution in [0.1, 0.15) is 18.2 Å². The first-order valence-corrected chi connectivity index (χ1v) is 5.14. The highest BCUT2D eigenvalue weighted by molar-refractivity contribution is 7.98. The Morgan fingerprint density at radius 2 is 2.42 bits per heavy atom. The van der Waals surface area contributed by atoms with Gasteiger partial charge in [0.2, 0.25) is 0 Å². The zero-order valence-electron chi connectivity index (χ0n) is 7.41. The van der Waals surface area contributed by atoms with E-state index in [0.717, 1.165) is 17.3 Å². The Kier molecular flexibility index (Phi) is 3.69. The van der Waals surface area contributed by atoms with Gasteiger partial charge >= 0.3 is 0 Å². The number of thioether (sulfide) groups is 1. The smallest absolute Gasteiger partial charge is 0.116 e. The van der Waals surface area contributed by atoms with Crippen LogP contribution in [0.4, 0.5) is 0 Å². The van der Waals surface area contributed by atoms with Gasteiger partial charge in [-0.05, 0) is 25.5 Å². The molecule has 1 rings (SSSR count). The molecular weight excluding hydrogens is 172 g/mol. The number of aliphatic hydroxyl groups is 1. The van der Waals surface area contributed by atoms with Crippen molar-refractivity contribution in [2.75, 3.05) is 5.75 Å². The van der Waals surface area contributed by atoms with E-state index in [1.165, 1.54) is 5.56 Å². The molecule has 1 aromatic heterocycles. The summed E-state index contributed by atoms with van der Waals surface area (Å²) in [6.07, 6.45) is 1.47. The Morgan fingerprint density at radius 3 is 2.92 bits per heavy atom. The fourth-order valence-electron chi connectivity index (χ4n) is 0.874. The molecule has 0 aliphatic heterocycles. The highest BCUT2D eigenvalue weighted by Crippen LogP contribution is 2.17. The minimum Gasteiger partial charge on any atom is -0.468 e. The van der Waals surface area contributed by atoms with Crippen LogP contribution >= 0.6 is 11.8 Å². The van der Waals surface area contributed by atoms with Gasteiger partial charge in [0.1, 0.15) is 5.76 Å². The predicted octanol–water partition coefficient (Wildman–Crippen LogP) is 2.20. The summed E-state index contributed by atoms with van der Waals surface area (Å²) in [4.78, 5) is 0. The average Bonchev–Trinajstić information content (AvgIpc) is 2.36. The molecule has 1 aromatic rings. The minimum absolute atomic E-state index is 0.231. The molecule has 0 saturated heterocycles. The maximum absolute atomic E-state index is 9.00. The van der Waals surface area contributed by atoms with Gasteiger partial charge < -0.3 is 9.52 Å². The summed E-state index contributed by atoms with van der Waals surface area (Å²) in [7, 11) is 0. The molecule has 0 spiro atoms. The summed E-state index contributed by atoms with van der Waals surface area (Å²) in [6, 6.07) is 1.96. The fraction of sp³-hybridized carbons (Fsp3) is 0.556. The van der Waals surface area contributed by atoms with E-state index in [1.54, 1.807) is 24.9 Å². The van der Waals surface area contributed by atoms with Gasteiger partial charge in [0, 0.05) is 5.75 Å². The quantitative estimate of drug-likeness (QED) is 0.782.